The summed E-state index contributed by atoms with van der Waals surface area (Å²) in [5.41, 5.74) is 0.886. The average Bonchev–Trinajstić information content (AvgIpc) is 2.66. The van der Waals surface area contributed by atoms with Gasteiger partial charge in [-0.2, -0.15) is 8.42 Å². The van der Waals surface area contributed by atoms with Gasteiger partial charge in [0, 0.05) is 16.8 Å². The first-order chi connectivity index (χ1) is 13.3. The molecular weight excluding hydrogens is 426 g/mol. The molecule has 0 unspecified atom stereocenters. The van der Waals surface area contributed by atoms with E-state index in [-0.39, 0.29) is 21.7 Å². The molecule has 2 aromatic rings. The molecule has 0 fully saturated rings. The molecule has 0 spiro atoms. The maximum absolute atomic E-state index is 12.3. The molecule has 0 radical (unpaired) electrons. The molecule has 2 aromatic carbocycles. The third-order valence-corrected chi connectivity index (χ3v) is 6.21. The molecule has 1 aliphatic heterocycles. The minimum atomic E-state index is -3.88. The molecule has 0 aromatic heterocycles. The fraction of sp³-hybridized carbons (Fsp3) is 0.176. The molecule has 1 amide bonds. The number of carbonyl (C=O) groups excluding carboxylic acids is 1. The van der Waals surface area contributed by atoms with Crippen molar-refractivity contribution >= 4 is 55.8 Å². The third-order valence-electron chi connectivity index (χ3n) is 3.67. The number of thioether (sulfide) groups is 1. The van der Waals surface area contributed by atoms with Gasteiger partial charge in [-0.1, -0.05) is 23.4 Å². The Kier molecular flexibility index (Phi) is 6.01. The predicted octanol–water partition coefficient (Wildman–Crippen LogP) is 3.20. The van der Waals surface area contributed by atoms with Crippen molar-refractivity contribution in [3.8, 4) is 11.5 Å². The number of carbonyl (C=O) groups is 1. The molecule has 0 bridgehead atoms. The number of sulfonamides is 1. The van der Waals surface area contributed by atoms with Gasteiger partial charge in [0.25, 0.3) is 10.0 Å². The highest BCUT2D eigenvalue weighted by atomic mass is 35.5. The van der Waals surface area contributed by atoms with E-state index < -0.39 is 10.0 Å². The summed E-state index contributed by atoms with van der Waals surface area (Å²) >= 11 is 6.82. The molecular formula is C17H16ClN3O5S2. The predicted molar refractivity (Wildman–Crippen MR) is 110 cm³/mol. The first kappa shape index (κ1) is 20.3. The lowest BCUT2D eigenvalue weighted by Gasteiger charge is -2.17. The molecule has 1 heterocycles. The number of hydrogen-bond acceptors (Lipinski definition) is 7. The van der Waals surface area contributed by atoms with E-state index in [2.05, 4.69) is 15.0 Å². The lowest BCUT2D eigenvalue weighted by molar-refractivity contribution is -0.113. The van der Waals surface area contributed by atoms with Crippen LogP contribution in [-0.4, -0.2) is 39.5 Å². The highest BCUT2D eigenvalue weighted by Crippen LogP contribution is 2.32. The van der Waals surface area contributed by atoms with E-state index in [0.717, 1.165) is 11.8 Å². The summed E-state index contributed by atoms with van der Waals surface area (Å²) < 4.78 is 38.6. The van der Waals surface area contributed by atoms with Gasteiger partial charge >= 0.3 is 0 Å². The van der Waals surface area contributed by atoms with Crippen LogP contribution >= 0.6 is 23.4 Å². The van der Waals surface area contributed by atoms with Gasteiger partial charge in [-0.25, -0.2) is 0 Å². The van der Waals surface area contributed by atoms with Crippen molar-refractivity contribution in [2.75, 3.05) is 30.6 Å². The van der Waals surface area contributed by atoms with Gasteiger partial charge < -0.3 is 20.1 Å². The van der Waals surface area contributed by atoms with Crippen LogP contribution < -0.4 is 20.1 Å². The highest BCUT2D eigenvalue weighted by Gasteiger charge is 2.25. The van der Waals surface area contributed by atoms with Crippen molar-refractivity contribution in [1.82, 2.24) is 0 Å². The molecule has 1 aliphatic rings. The van der Waals surface area contributed by atoms with Gasteiger partial charge in [-0.15, -0.1) is 4.40 Å². The van der Waals surface area contributed by atoms with Crippen LogP contribution in [0.3, 0.4) is 0 Å². The highest BCUT2D eigenvalue weighted by molar-refractivity contribution is 8.15. The summed E-state index contributed by atoms with van der Waals surface area (Å²) in [6.45, 7) is 0. The van der Waals surface area contributed by atoms with Gasteiger partial charge in [0.15, 0.2) is 16.7 Å². The normalized spacial score (nSPS) is 14.3. The first-order valence-corrected chi connectivity index (χ1v) is 10.7. The standard InChI is InChI=1S/C17H16ClN3O5S2/c1-25-13-6-4-11(8-14(13)26-2)19-16(22)9-27-17-20-12-5-3-10(18)7-15(12)28(23,24)21-17/h3-8H,9H2,1-2H3,(H,19,22)(H,20,21). The molecule has 28 heavy (non-hydrogen) atoms. The molecule has 148 valence electrons. The molecule has 3 rings (SSSR count). The molecule has 0 saturated carbocycles. The van der Waals surface area contributed by atoms with Crippen LogP contribution in [0.4, 0.5) is 11.4 Å². The maximum Gasteiger partial charge on any atom is 0.286 e. The van der Waals surface area contributed by atoms with Gasteiger partial charge in [-0.3, -0.25) is 4.79 Å². The number of amidine groups is 1. The molecule has 2 N–H and O–H groups in total. The largest absolute Gasteiger partial charge is 0.493 e. The Bertz CT molecular complexity index is 1060. The van der Waals surface area contributed by atoms with E-state index in [9.17, 15) is 13.2 Å². The zero-order valence-electron chi connectivity index (χ0n) is 14.9. The summed E-state index contributed by atoms with van der Waals surface area (Å²) in [6, 6.07) is 9.42. The number of nitrogens with zero attached hydrogens (tertiary/aromatic N) is 1. The Balaban J connectivity index is 1.66. The van der Waals surface area contributed by atoms with Crippen LogP contribution in [-0.2, 0) is 14.8 Å². The summed E-state index contributed by atoms with van der Waals surface area (Å²) in [5.74, 6) is 0.645. The first-order valence-electron chi connectivity index (χ1n) is 7.88. The van der Waals surface area contributed by atoms with Crippen molar-refractivity contribution in [3.63, 3.8) is 0 Å². The molecule has 0 saturated heterocycles. The van der Waals surface area contributed by atoms with E-state index in [1.165, 1.54) is 20.3 Å². The quantitative estimate of drug-likeness (QED) is 0.733. The Morgan fingerprint density at radius 3 is 2.64 bits per heavy atom. The Hall–Kier alpha value is -2.43. The summed E-state index contributed by atoms with van der Waals surface area (Å²) in [7, 11) is -0.863. The van der Waals surface area contributed by atoms with Gasteiger partial charge in [-0.05, 0) is 30.3 Å². The molecule has 8 nitrogen and oxygen atoms in total. The number of fused-ring (bicyclic) bond motifs is 1. The lowest BCUT2D eigenvalue weighted by atomic mass is 10.2. The number of ether oxygens (including phenoxy) is 2. The summed E-state index contributed by atoms with van der Waals surface area (Å²) in [5, 5.41) is 6.01. The Morgan fingerprint density at radius 1 is 1.18 bits per heavy atom. The average molecular weight is 442 g/mol. The number of rotatable bonds is 5. The van der Waals surface area contributed by atoms with Crippen molar-refractivity contribution in [3.05, 3.63) is 41.4 Å². The van der Waals surface area contributed by atoms with Crippen LogP contribution in [0, 0.1) is 0 Å². The molecule has 11 heteroatoms. The van der Waals surface area contributed by atoms with Crippen molar-refractivity contribution in [2.24, 2.45) is 4.40 Å². The number of halogens is 1. The van der Waals surface area contributed by atoms with E-state index in [0.29, 0.717) is 27.9 Å². The van der Waals surface area contributed by atoms with Crippen molar-refractivity contribution < 1.29 is 22.7 Å². The van der Waals surface area contributed by atoms with E-state index in [1.54, 1.807) is 30.3 Å². The Morgan fingerprint density at radius 2 is 1.93 bits per heavy atom. The van der Waals surface area contributed by atoms with Crippen LogP contribution in [0.2, 0.25) is 5.02 Å². The smallest absolute Gasteiger partial charge is 0.286 e. The van der Waals surface area contributed by atoms with Crippen LogP contribution in [0.15, 0.2) is 45.7 Å². The second-order valence-electron chi connectivity index (χ2n) is 5.54. The fourth-order valence-corrected chi connectivity index (χ4v) is 4.72. The number of hydrogen-bond donors (Lipinski definition) is 2. The number of nitrogens with one attached hydrogen (secondary N) is 2. The second kappa shape index (κ2) is 8.29. The van der Waals surface area contributed by atoms with E-state index in [4.69, 9.17) is 21.1 Å². The van der Waals surface area contributed by atoms with Crippen LogP contribution in [0.25, 0.3) is 0 Å². The van der Waals surface area contributed by atoms with Crippen molar-refractivity contribution in [1.29, 1.82) is 0 Å². The van der Waals surface area contributed by atoms with Crippen LogP contribution in [0.5, 0.6) is 11.5 Å². The van der Waals surface area contributed by atoms with Crippen LogP contribution in [0.1, 0.15) is 0 Å². The Labute approximate surface area is 171 Å². The number of amides is 1. The van der Waals surface area contributed by atoms with E-state index >= 15 is 0 Å². The number of methoxy groups -OCH3 is 2. The van der Waals surface area contributed by atoms with Gasteiger partial charge in [0.05, 0.1) is 25.7 Å². The number of anilines is 2. The molecule has 0 aliphatic carbocycles. The molecule has 0 atom stereocenters. The van der Waals surface area contributed by atoms with E-state index in [1.807, 2.05) is 0 Å². The zero-order valence-corrected chi connectivity index (χ0v) is 17.2. The third kappa shape index (κ3) is 4.51. The minimum Gasteiger partial charge on any atom is -0.493 e. The summed E-state index contributed by atoms with van der Waals surface area (Å²) in [4.78, 5) is 12.2. The minimum absolute atomic E-state index is 0.000806. The second-order valence-corrected chi connectivity index (χ2v) is 8.52. The monoisotopic (exact) mass is 441 g/mol. The zero-order chi connectivity index (χ0) is 20.3. The lowest BCUT2D eigenvalue weighted by Crippen LogP contribution is -2.22. The van der Waals surface area contributed by atoms with Crippen molar-refractivity contribution in [2.45, 2.75) is 4.90 Å². The SMILES string of the molecule is COc1ccc(NC(=O)CSC2=NS(=O)(=O)c3cc(Cl)ccc3N2)cc1OC. The van der Waals surface area contributed by atoms with Gasteiger partial charge in [0.2, 0.25) is 5.91 Å². The maximum atomic E-state index is 12.3. The topological polar surface area (TPSA) is 106 Å². The fourth-order valence-electron chi connectivity index (χ4n) is 2.42. The number of benzene rings is 2. The summed E-state index contributed by atoms with van der Waals surface area (Å²) in [6.07, 6.45) is 0. The van der Waals surface area contributed by atoms with Gasteiger partial charge in [0.1, 0.15) is 4.90 Å².